The van der Waals surface area contributed by atoms with Crippen LogP contribution in [0.3, 0.4) is 0 Å². The number of rotatable bonds is 8. The zero-order valence-electron chi connectivity index (χ0n) is 10.4. The molecular formula is C12H19FN2O2S. The summed E-state index contributed by atoms with van der Waals surface area (Å²) in [6.45, 7) is 4.08. The van der Waals surface area contributed by atoms with E-state index in [4.69, 9.17) is 0 Å². The molecule has 0 bridgehead atoms. The van der Waals surface area contributed by atoms with Gasteiger partial charge in [0.25, 0.3) is 0 Å². The van der Waals surface area contributed by atoms with Gasteiger partial charge in [0, 0.05) is 6.54 Å². The van der Waals surface area contributed by atoms with Crippen LogP contribution in [0.25, 0.3) is 0 Å². The summed E-state index contributed by atoms with van der Waals surface area (Å²) in [6.07, 6.45) is 0.747. The van der Waals surface area contributed by atoms with E-state index in [1.807, 2.05) is 6.92 Å². The van der Waals surface area contributed by atoms with Gasteiger partial charge in [-0.3, -0.25) is 0 Å². The van der Waals surface area contributed by atoms with Gasteiger partial charge in [0.15, 0.2) is 0 Å². The molecule has 0 aliphatic carbocycles. The second-order valence-electron chi connectivity index (χ2n) is 3.99. The van der Waals surface area contributed by atoms with Crippen LogP contribution in [0.2, 0.25) is 0 Å². The van der Waals surface area contributed by atoms with Crippen molar-refractivity contribution in [3.8, 4) is 0 Å². The van der Waals surface area contributed by atoms with E-state index in [0.717, 1.165) is 19.5 Å². The molecule has 0 fully saturated rings. The first kappa shape index (κ1) is 15.1. The van der Waals surface area contributed by atoms with Crippen LogP contribution >= 0.6 is 0 Å². The normalized spacial score (nSPS) is 11.7. The van der Waals surface area contributed by atoms with Gasteiger partial charge in [-0.25, -0.2) is 17.5 Å². The summed E-state index contributed by atoms with van der Waals surface area (Å²) in [5.74, 6) is -0.483. The van der Waals surface area contributed by atoms with E-state index in [0.29, 0.717) is 12.1 Å². The minimum absolute atomic E-state index is 0.117. The van der Waals surface area contributed by atoms with Gasteiger partial charge >= 0.3 is 0 Å². The summed E-state index contributed by atoms with van der Waals surface area (Å²) >= 11 is 0. The van der Waals surface area contributed by atoms with E-state index in [1.165, 1.54) is 24.3 Å². The number of nitrogens with one attached hydrogen (secondary N) is 2. The Hall–Kier alpha value is -0.980. The molecule has 0 amide bonds. The lowest BCUT2D eigenvalue weighted by atomic mass is 10.2. The molecule has 0 aliphatic rings. The van der Waals surface area contributed by atoms with Gasteiger partial charge < -0.3 is 5.32 Å². The van der Waals surface area contributed by atoms with Crippen molar-refractivity contribution < 1.29 is 12.8 Å². The summed E-state index contributed by atoms with van der Waals surface area (Å²) in [6, 6.07) is 5.48. The quantitative estimate of drug-likeness (QED) is 0.701. The molecule has 0 heterocycles. The third kappa shape index (κ3) is 6.09. The van der Waals surface area contributed by atoms with Gasteiger partial charge in [0.05, 0.1) is 5.75 Å². The maximum absolute atomic E-state index is 12.7. The largest absolute Gasteiger partial charge is 0.317 e. The Morgan fingerprint density at radius 1 is 1.17 bits per heavy atom. The molecule has 0 aromatic heterocycles. The first-order valence-corrected chi connectivity index (χ1v) is 7.61. The third-order valence-electron chi connectivity index (χ3n) is 2.37. The third-order valence-corrected chi connectivity index (χ3v) is 3.73. The maximum Gasteiger partial charge on any atom is 0.215 e. The van der Waals surface area contributed by atoms with Gasteiger partial charge in [-0.15, -0.1) is 0 Å². The lowest BCUT2D eigenvalue weighted by Crippen LogP contribution is -2.28. The molecule has 1 aromatic carbocycles. The minimum Gasteiger partial charge on any atom is -0.317 e. The molecule has 4 nitrogen and oxygen atoms in total. The highest BCUT2D eigenvalue weighted by Gasteiger charge is 2.10. The number of hydrogen-bond donors (Lipinski definition) is 2. The summed E-state index contributed by atoms with van der Waals surface area (Å²) in [5, 5.41) is 3.11. The molecule has 18 heavy (non-hydrogen) atoms. The van der Waals surface area contributed by atoms with Gasteiger partial charge in [-0.1, -0.05) is 19.1 Å². The van der Waals surface area contributed by atoms with Crippen LogP contribution in [0.1, 0.15) is 18.9 Å². The first-order chi connectivity index (χ1) is 8.53. The fourth-order valence-corrected chi connectivity index (χ4v) is 2.66. The van der Waals surface area contributed by atoms with Crippen LogP contribution in [0.15, 0.2) is 24.3 Å². The van der Waals surface area contributed by atoms with E-state index < -0.39 is 10.0 Å². The monoisotopic (exact) mass is 274 g/mol. The Balaban J connectivity index is 2.37. The Morgan fingerprint density at radius 3 is 2.44 bits per heavy atom. The van der Waals surface area contributed by atoms with Crippen molar-refractivity contribution in [2.75, 3.05) is 19.6 Å². The highest BCUT2D eigenvalue weighted by atomic mass is 32.2. The summed E-state index contributed by atoms with van der Waals surface area (Å²) < 4.78 is 38.6. The van der Waals surface area contributed by atoms with Gasteiger partial charge in [0.1, 0.15) is 5.82 Å². The molecule has 0 radical (unpaired) electrons. The van der Waals surface area contributed by atoms with Crippen molar-refractivity contribution in [2.45, 2.75) is 19.1 Å². The number of halogens is 1. The van der Waals surface area contributed by atoms with Gasteiger partial charge in [-0.2, -0.15) is 0 Å². The second-order valence-corrected chi connectivity index (χ2v) is 5.79. The lowest BCUT2D eigenvalue weighted by molar-refractivity contribution is 0.574. The predicted molar refractivity (Wildman–Crippen MR) is 70.2 cm³/mol. The average Bonchev–Trinajstić information content (AvgIpc) is 2.31. The van der Waals surface area contributed by atoms with Crippen molar-refractivity contribution >= 4 is 10.0 Å². The van der Waals surface area contributed by atoms with Crippen molar-refractivity contribution in [1.29, 1.82) is 0 Å². The average molecular weight is 274 g/mol. The van der Waals surface area contributed by atoms with Crippen LogP contribution in [0.4, 0.5) is 4.39 Å². The van der Waals surface area contributed by atoms with Crippen LogP contribution < -0.4 is 10.0 Å². The second kappa shape index (κ2) is 7.45. The molecule has 0 saturated carbocycles. The van der Waals surface area contributed by atoms with E-state index in [-0.39, 0.29) is 11.6 Å². The standard InChI is InChI=1S/C12H19FN2O2S/c1-2-14-8-3-9-15-18(16,17)10-11-4-6-12(13)7-5-11/h4-7,14-15H,2-3,8-10H2,1H3. The van der Waals surface area contributed by atoms with E-state index in [9.17, 15) is 12.8 Å². The molecule has 1 aromatic rings. The summed E-state index contributed by atoms with van der Waals surface area (Å²) in [5.41, 5.74) is 0.579. The van der Waals surface area contributed by atoms with E-state index in [2.05, 4.69) is 10.0 Å². The van der Waals surface area contributed by atoms with E-state index in [1.54, 1.807) is 0 Å². The van der Waals surface area contributed by atoms with Crippen LogP contribution in [-0.2, 0) is 15.8 Å². The number of hydrogen-bond acceptors (Lipinski definition) is 3. The lowest BCUT2D eigenvalue weighted by Gasteiger charge is -2.07. The molecule has 0 saturated heterocycles. The van der Waals surface area contributed by atoms with Crippen molar-refractivity contribution in [1.82, 2.24) is 10.0 Å². The van der Waals surface area contributed by atoms with Crippen LogP contribution in [0.5, 0.6) is 0 Å². The van der Waals surface area contributed by atoms with Crippen LogP contribution in [0, 0.1) is 5.82 Å². The van der Waals surface area contributed by atoms with E-state index >= 15 is 0 Å². The zero-order valence-corrected chi connectivity index (χ0v) is 11.3. The molecule has 2 N–H and O–H groups in total. The SMILES string of the molecule is CCNCCCNS(=O)(=O)Cc1ccc(F)cc1. The van der Waals surface area contributed by atoms with Crippen LogP contribution in [-0.4, -0.2) is 28.1 Å². The summed E-state index contributed by atoms with van der Waals surface area (Å²) in [4.78, 5) is 0. The highest BCUT2D eigenvalue weighted by molar-refractivity contribution is 7.88. The number of benzene rings is 1. The maximum atomic E-state index is 12.7. The van der Waals surface area contributed by atoms with Crippen molar-refractivity contribution in [3.05, 3.63) is 35.6 Å². The Kier molecular flexibility index (Phi) is 6.24. The zero-order chi connectivity index (χ0) is 13.4. The predicted octanol–water partition coefficient (Wildman–Crippen LogP) is 1.24. The fourth-order valence-electron chi connectivity index (χ4n) is 1.47. The molecule has 0 spiro atoms. The molecule has 0 unspecified atom stereocenters. The van der Waals surface area contributed by atoms with Crippen molar-refractivity contribution in [2.24, 2.45) is 0 Å². The molecule has 6 heteroatoms. The minimum atomic E-state index is -3.33. The first-order valence-electron chi connectivity index (χ1n) is 5.96. The van der Waals surface area contributed by atoms with Crippen molar-refractivity contribution in [3.63, 3.8) is 0 Å². The molecule has 0 aliphatic heterocycles. The molecule has 102 valence electrons. The molecule has 1 rings (SSSR count). The smallest absolute Gasteiger partial charge is 0.215 e. The Labute approximate surface area is 108 Å². The topological polar surface area (TPSA) is 58.2 Å². The Morgan fingerprint density at radius 2 is 1.83 bits per heavy atom. The molecule has 0 atom stereocenters. The fraction of sp³-hybridized carbons (Fsp3) is 0.500. The number of sulfonamides is 1. The summed E-state index contributed by atoms with van der Waals surface area (Å²) in [7, 11) is -3.33. The van der Waals surface area contributed by atoms with Gasteiger partial charge in [0.2, 0.25) is 10.0 Å². The van der Waals surface area contributed by atoms with Gasteiger partial charge in [-0.05, 0) is 37.2 Å². The highest BCUT2D eigenvalue weighted by Crippen LogP contribution is 2.06. The molecular weight excluding hydrogens is 255 g/mol. The Bertz CT molecular complexity index is 446.